The van der Waals surface area contributed by atoms with Gasteiger partial charge in [-0.1, -0.05) is 0 Å². The van der Waals surface area contributed by atoms with Gasteiger partial charge in [0.2, 0.25) is 0 Å². The van der Waals surface area contributed by atoms with Crippen LogP contribution in [0.5, 0.6) is 0 Å². The Morgan fingerprint density at radius 3 is 3.12 bits per heavy atom. The Labute approximate surface area is 105 Å². The molecular weight excluding hydrogens is 268 g/mol. The summed E-state index contributed by atoms with van der Waals surface area (Å²) in [4.78, 5) is 4.40. The molecule has 1 N–H and O–H groups in total. The molecule has 0 unspecified atom stereocenters. The third kappa shape index (κ3) is 3.19. The molecule has 0 bridgehead atoms. The molecule has 4 heteroatoms. The summed E-state index contributed by atoms with van der Waals surface area (Å²) in [5.41, 5.74) is 1.17. The van der Waals surface area contributed by atoms with Crippen LogP contribution in [0.3, 0.4) is 0 Å². The van der Waals surface area contributed by atoms with Crippen LogP contribution in [-0.2, 0) is 4.74 Å². The summed E-state index contributed by atoms with van der Waals surface area (Å²) in [6.07, 6.45) is 5.23. The number of hydrogen-bond acceptors (Lipinski definition) is 3. The molecule has 0 radical (unpaired) electrons. The quantitative estimate of drug-likeness (QED) is 0.906. The van der Waals surface area contributed by atoms with E-state index in [1.807, 2.05) is 13.1 Å². The highest BCUT2D eigenvalue weighted by molar-refractivity contribution is 9.10. The first-order chi connectivity index (χ1) is 7.75. The molecule has 2 heterocycles. The maximum absolute atomic E-state index is 5.44. The average molecular weight is 285 g/mol. The summed E-state index contributed by atoms with van der Waals surface area (Å²) in [5.74, 6) is 0.942. The molecule has 0 amide bonds. The van der Waals surface area contributed by atoms with Crippen molar-refractivity contribution in [1.82, 2.24) is 4.98 Å². The number of aromatic nitrogens is 1. The molecule has 1 aliphatic heterocycles. The van der Waals surface area contributed by atoms with E-state index in [0.29, 0.717) is 6.04 Å². The van der Waals surface area contributed by atoms with Crippen LogP contribution in [0.2, 0.25) is 0 Å². The fraction of sp³-hybridized carbons (Fsp3) is 0.583. The molecule has 1 aromatic heterocycles. The van der Waals surface area contributed by atoms with E-state index in [4.69, 9.17) is 4.74 Å². The lowest BCUT2D eigenvalue weighted by atomic mass is 10.1. The molecule has 16 heavy (non-hydrogen) atoms. The molecule has 0 spiro atoms. The van der Waals surface area contributed by atoms with Crippen molar-refractivity contribution in [3.63, 3.8) is 0 Å². The molecule has 0 saturated carbocycles. The molecule has 3 nitrogen and oxygen atoms in total. The van der Waals surface area contributed by atoms with Gasteiger partial charge in [0, 0.05) is 25.5 Å². The van der Waals surface area contributed by atoms with Crippen molar-refractivity contribution in [1.29, 1.82) is 0 Å². The Balaban J connectivity index is 2.01. The van der Waals surface area contributed by atoms with Gasteiger partial charge in [0.1, 0.15) is 5.82 Å². The van der Waals surface area contributed by atoms with Crippen LogP contribution in [0.4, 0.5) is 5.82 Å². The van der Waals surface area contributed by atoms with Gasteiger partial charge < -0.3 is 10.1 Å². The van der Waals surface area contributed by atoms with Gasteiger partial charge in [0.05, 0.1) is 4.47 Å². The fourth-order valence-corrected chi connectivity index (χ4v) is 2.46. The zero-order valence-corrected chi connectivity index (χ0v) is 11.1. The van der Waals surface area contributed by atoms with Crippen LogP contribution in [0.15, 0.2) is 16.7 Å². The van der Waals surface area contributed by atoms with Gasteiger partial charge >= 0.3 is 0 Å². The Bertz CT molecular complexity index is 349. The lowest BCUT2D eigenvalue weighted by Gasteiger charge is -2.17. The predicted molar refractivity (Wildman–Crippen MR) is 68.8 cm³/mol. The molecule has 1 saturated heterocycles. The first kappa shape index (κ1) is 11.9. The fourth-order valence-electron chi connectivity index (χ4n) is 1.88. The minimum absolute atomic E-state index is 0.481. The van der Waals surface area contributed by atoms with Crippen molar-refractivity contribution in [2.45, 2.75) is 32.2 Å². The number of halogens is 1. The Kier molecular flexibility index (Phi) is 4.18. The van der Waals surface area contributed by atoms with Crippen molar-refractivity contribution >= 4 is 21.7 Å². The number of aryl methyl sites for hydroxylation is 1. The van der Waals surface area contributed by atoms with Gasteiger partial charge in [-0.05, 0) is 53.7 Å². The average Bonchev–Trinajstić information content (AvgIpc) is 2.51. The Hall–Kier alpha value is -0.610. The Morgan fingerprint density at radius 1 is 1.44 bits per heavy atom. The van der Waals surface area contributed by atoms with E-state index in [1.165, 1.54) is 5.56 Å². The molecule has 2 rings (SSSR count). The smallest absolute Gasteiger partial charge is 0.140 e. The number of rotatable bonds is 2. The van der Waals surface area contributed by atoms with E-state index in [-0.39, 0.29) is 0 Å². The molecule has 88 valence electrons. The zero-order chi connectivity index (χ0) is 11.4. The van der Waals surface area contributed by atoms with Gasteiger partial charge in [-0.3, -0.25) is 0 Å². The number of nitrogens with one attached hydrogen (secondary N) is 1. The highest BCUT2D eigenvalue weighted by atomic mass is 79.9. The number of nitrogens with zero attached hydrogens (tertiary/aromatic N) is 1. The molecule has 1 atom stereocenters. The third-order valence-corrected chi connectivity index (χ3v) is 3.38. The largest absolute Gasteiger partial charge is 0.381 e. The van der Waals surface area contributed by atoms with Crippen molar-refractivity contribution in [2.75, 3.05) is 18.5 Å². The molecule has 0 aliphatic carbocycles. The third-order valence-electron chi connectivity index (χ3n) is 2.77. The Morgan fingerprint density at radius 2 is 2.31 bits per heavy atom. The second-order valence-electron chi connectivity index (χ2n) is 4.23. The van der Waals surface area contributed by atoms with Gasteiger partial charge in [0.25, 0.3) is 0 Å². The maximum Gasteiger partial charge on any atom is 0.140 e. The highest BCUT2D eigenvalue weighted by Crippen LogP contribution is 2.23. The van der Waals surface area contributed by atoms with Gasteiger partial charge in [0.15, 0.2) is 0 Å². The topological polar surface area (TPSA) is 34.2 Å². The molecule has 1 aromatic rings. The van der Waals surface area contributed by atoms with Crippen LogP contribution < -0.4 is 5.32 Å². The predicted octanol–water partition coefficient (Wildman–Crippen LogP) is 3.13. The van der Waals surface area contributed by atoms with E-state index >= 15 is 0 Å². The maximum atomic E-state index is 5.44. The van der Waals surface area contributed by atoms with Crippen LogP contribution in [-0.4, -0.2) is 24.2 Å². The number of hydrogen-bond donors (Lipinski definition) is 1. The summed E-state index contributed by atoms with van der Waals surface area (Å²) < 4.78 is 6.48. The molecule has 0 aromatic carbocycles. The van der Waals surface area contributed by atoms with E-state index in [0.717, 1.165) is 42.8 Å². The minimum atomic E-state index is 0.481. The van der Waals surface area contributed by atoms with Crippen LogP contribution in [0.1, 0.15) is 24.8 Å². The standard InChI is InChI=1S/C12H17BrN2O/c1-9-7-11(13)12(14-8-9)15-10-3-2-5-16-6-4-10/h7-8,10H,2-6H2,1H3,(H,14,15)/t10-/m0/s1. The lowest BCUT2D eigenvalue weighted by molar-refractivity contribution is 0.144. The summed E-state index contributed by atoms with van der Waals surface area (Å²) in [5, 5.41) is 3.48. The van der Waals surface area contributed by atoms with E-state index < -0.39 is 0 Å². The summed E-state index contributed by atoms with van der Waals surface area (Å²) >= 11 is 3.54. The van der Waals surface area contributed by atoms with Crippen LogP contribution >= 0.6 is 15.9 Å². The van der Waals surface area contributed by atoms with Crippen molar-refractivity contribution < 1.29 is 4.74 Å². The van der Waals surface area contributed by atoms with Crippen LogP contribution in [0.25, 0.3) is 0 Å². The monoisotopic (exact) mass is 284 g/mol. The van der Waals surface area contributed by atoms with Crippen molar-refractivity contribution in [3.05, 3.63) is 22.3 Å². The molecular formula is C12H17BrN2O. The van der Waals surface area contributed by atoms with Crippen LogP contribution in [0, 0.1) is 6.92 Å². The highest BCUT2D eigenvalue weighted by Gasteiger charge is 2.13. The summed E-state index contributed by atoms with van der Waals surface area (Å²) in [6.45, 7) is 3.78. The SMILES string of the molecule is Cc1cnc(N[C@H]2CCCOCC2)c(Br)c1. The van der Waals surface area contributed by atoms with E-state index in [9.17, 15) is 0 Å². The normalized spacial score (nSPS) is 21.5. The number of pyridine rings is 1. The van der Waals surface area contributed by atoms with Crippen molar-refractivity contribution in [3.8, 4) is 0 Å². The lowest BCUT2D eigenvalue weighted by Crippen LogP contribution is -2.20. The zero-order valence-electron chi connectivity index (χ0n) is 9.50. The first-order valence-corrected chi connectivity index (χ1v) is 6.51. The van der Waals surface area contributed by atoms with Gasteiger partial charge in [-0.15, -0.1) is 0 Å². The van der Waals surface area contributed by atoms with E-state index in [1.54, 1.807) is 0 Å². The number of anilines is 1. The van der Waals surface area contributed by atoms with Crippen molar-refractivity contribution in [2.24, 2.45) is 0 Å². The number of ether oxygens (including phenoxy) is 1. The summed E-state index contributed by atoms with van der Waals surface area (Å²) in [7, 11) is 0. The van der Waals surface area contributed by atoms with Gasteiger partial charge in [-0.25, -0.2) is 4.98 Å². The first-order valence-electron chi connectivity index (χ1n) is 5.72. The van der Waals surface area contributed by atoms with E-state index in [2.05, 4.69) is 32.3 Å². The second kappa shape index (κ2) is 5.64. The molecule has 1 aliphatic rings. The second-order valence-corrected chi connectivity index (χ2v) is 5.08. The minimum Gasteiger partial charge on any atom is -0.381 e. The van der Waals surface area contributed by atoms with Gasteiger partial charge in [-0.2, -0.15) is 0 Å². The summed E-state index contributed by atoms with van der Waals surface area (Å²) in [6, 6.07) is 2.57. The molecule has 1 fully saturated rings.